The summed E-state index contributed by atoms with van der Waals surface area (Å²) in [5.74, 6) is 0.376. The fourth-order valence-electron chi connectivity index (χ4n) is 2.90. The first-order valence-electron chi connectivity index (χ1n) is 10.4. The van der Waals surface area contributed by atoms with Crippen LogP contribution in [-0.2, 0) is 11.4 Å². The van der Waals surface area contributed by atoms with Gasteiger partial charge in [0.15, 0.2) is 18.1 Å². The summed E-state index contributed by atoms with van der Waals surface area (Å²) in [7, 11) is 0. The summed E-state index contributed by atoms with van der Waals surface area (Å²) in [5.41, 5.74) is 9.54. The maximum absolute atomic E-state index is 12.6. The number of benzene rings is 3. The average molecular weight is 526 g/mol. The number of carbonyl (C=O) groups excluding carboxylic acids is 2. The third-order valence-electron chi connectivity index (χ3n) is 4.45. The second-order valence-corrected chi connectivity index (χ2v) is 7.92. The smallest absolute Gasteiger partial charge is 0.271 e. The van der Waals surface area contributed by atoms with E-state index in [-0.39, 0.29) is 6.61 Å². The third kappa shape index (κ3) is 7.35. The Morgan fingerprint density at radius 1 is 0.971 bits per heavy atom. The standard InChI is InChI=1S/C25H24BrN3O5/c1-2-32-23-13-18(8-10-22(23)33-15-17-6-4-3-5-7-17)25(31)29-28-14-19-12-20(26)9-11-21(19)34-16-24(27)30/h3-14H,2,15-16H2,1H3,(H2,27,30)(H,29,31)/b28-14+. The zero-order valence-electron chi connectivity index (χ0n) is 18.5. The van der Waals surface area contributed by atoms with Gasteiger partial charge in [-0.1, -0.05) is 46.3 Å². The summed E-state index contributed by atoms with van der Waals surface area (Å²) in [6.07, 6.45) is 1.42. The number of nitrogens with two attached hydrogens (primary N) is 1. The van der Waals surface area contributed by atoms with Crippen molar-refractivity contribution in [2.75, 3.05) is 13.2 Å². The first-order chi connectivity index (χ1) is 16.5. The summed E-state index contributed by atoms with van der Waals surface area (Å²) in [6, 6.07) is 19.8. The highest BCUT2D eigenvalue weighted by Crippen LogP contribution is 2.29. The van der Waals surface area contributed by atoms with Crippen molar-refractivity contribution >= 4 is 34.0 Å². The second kappa shape index (κ2) is 12.4. The van der Waals surface area contributed by atoms with E-state index in [1.54, 1.807) is 36.4 Å². The molecule has 2 amide bonds. The van der Waals surface area contributed by atoms with Crippen LogP contribution in [0, 0.1) is 0 Å². The van der Waals surface area contributed by atoms with Gasteiger partial charge >= 0.3 is 0 Å². The zero-order valence-corrected chi connectivity index (χ0v) is 20.1. The Balaban J connectivity index is 1.68. The molecule has 3 N–H and O–H groups in total. The molecule has 0 fully saturated rings. The lowest BCUT2D eigenvalue weighted by Gasteiger charge is -2.13. The predicted molar refractivity (Wildman–Crippen MR) is 132 cm³/mol. The highest BCUT2D eigenvalue weighted by molar-refractivity contribution is 9.10. The van der Waals surface area contributed by atoms with Gasteiger partial charge in [0.1, 0.15) is 12.4 Å². The number of hydrogen-bond acceptors (Lipinski definition) is 6. The number of carbonyl (C=O) groups is 2. The topological polar surface area (TPSA) is 112 Å². The summed E-state index contributed by atoms with van der Waals surface area (Å²) < 4.78 is 17.7. The highest BCUT2D eigenvalue weighted by atomic mass is 79.9. The molecular weight excluding hydrogens is 502 g/mol. The molecule has 9 heteroatoms. The minimum atomic E-state index is -0.597. The van der Waals surface area contributed by atoms with E-state index in [0.717, 1.165) is 10.0 Å². The molecule has 0 aliphatic heterocycles. The van der Waals surface area contributed by atoms with E-state index < -0.39 is 11.8 Å². The molecule has 3 aromatic rings. The third-order valence-corrected chi connectivity index (χ3v) is 4.95. The highest BCUT2D eigenvalue weighted by Gasteiger charge is 2.12. The van der Waals surface area contributed by atoms with Crippen molar-refractivity contribution in [3.05, 3.63) is 87.9 Å². The molecule has 176 valence electrons. The molecule has 0 aliphatic rings. The number of nitrogens with one attached hydrogen (secondary N) is 1. The van der Waals surface area contributed by atoms with Gasteiger partial charge in [-0.3, -0.25) is 9.59 Å². The second-order valence-electron chi connectivity index (χ2n) is 7.01. The number of hydrogen-bond donors (Lipinski definition) is 2. The van der Waals surface area contributed by atoms with Gasteiger partial charge in [-0.2, -0.15) is 5.10 Å². The average Bonchev–Trinajstić information content (AvgIpc) is 2.83. The maximum atomic E-state index is 12.6. The van der Waals surface area contributed by atoms with Crippen LogP contribution in [0.4, 0.5) is 0 Å². The van der Waals surface area contributed by atoms with E-state index in [1.807, 2.05) is 37.3 Å². The monoisotopic (exact) mass is 525 g/mol. The van der Waals surface area contributed by atoms with Gasteiger partial charge in [-0.15, -0.1) is 0 Å². The number of primary amides is 1. The Bertz CT molecular complexity index is 1170. The number of halogens is 1. The molecule has 0 radical (unpaired) electrons. The van der Waals surface area contributed by atoms with E-state index in [1.165, 1.54) is 6.21 Å². The van der Waals surface area contributed by atoms with Crippen LogP contribution in [-0.4, -0.2) is 31.2 Å². The maximum Gasteiger partial charge on any atom is 0.271 e. The molecular formula is C25H24BrN3O5. The van der Waals surface area contributed by atoms with Gasteiger partial charge in [0.05, 0.1) is 12.8 Å². The molecule has 3 aromatic carbocycles. The van der Waals surface area contributed by atoms with Gasteiger partial charge in [-0.05, 0) is 48.9 Å². The molecule has 0 spiro atoms. The number of hydrazone groups is 1. The van der Waals surface area contributed by atoms with Gasteiger partial charge < -0.3 is 19.9 Å². The van der Waals surface area contributed by atoms with Crippen molar-refractivity contribution in [1.82, 2.24) is 5.43 Å². The van der Waals surface area contributed by atoms with Gasteiger partial charge in [-0.25, -0.2) is 5.43 Å². The summed E-state index contributed by atoms with van der Waals surface area (Å²) in [6.45, 7) is 2.38. The normalized spacial score (nSPS) is 10.6. The van der Waals surface area contributed by atoms with E-state index >= 15 is 0 Å². The van der Waals surface area contributed by atoms with Crippen molar-refractivity contribution < 1.29 is 23.8 Å². The van der Waals surface area contributed by atoms with Gasteiger partial charge in [0.25, 0.3) is 11.8 Å². The summed E-state index contributed by atoms with van der Waals surface area (Å²) in [4.78, 5) is 23.6. The van der Waals surface area contributed by atoms with Crippen LogP contribution in [0.15, 0.2) is 76.3 Å². The molecule has 0 aliphatic carbocycles. The minimum Gasteiger partial charge on any atom is -0.490 e. The number of rotatable bonds is 11. The van der Waals surface area contributed by atoms with Crippen molar-refractivity contribution in [3.63, 3.8) is 0 Å². The fraction of sp³-hybridized carbons (Fsp3) is 0.160. The Hall–Kier alpha value is -3.85. The Morgan fingerprint density at radius 2 is 1.74 bits per heavy atom. The lowest BCUT2D eigenvalue weighted by molar-refractivity contribution is -0.119. The van der Waals surface area contributed by atoms with Crippen LogP contribution in [0.2, 0.25) is 0 Å². The molecule has 34 heavy (non-hydrogen) atoms. The number of amides is 2. The minimum absolute atomic E-state index is 0.270. The van der Waals surface area contributed by atoms with Crippen molar-refractivity contribution in [3.8, 4) is 17.2 Å². The van der Waals surface area contributed by atoms with Crippen LogP contribution in [0.1, 0.15) is 28.4 Å². The molecule has 8 nitrogen and oxygen atoms in total. The quantitative estimate of drug-likeness (QED) is 0.289. The van der Waals surface area contributed by atoms with Gasteiger partial charge in [0.2, 0.25) is 0 Å². The first-order valence-corrected chi connectivity index (χ1v) is 11.2. The van der Waals surface area contributed by atoms with E-state index in [0.29, 0.717) is 41.6 Å². The van der Waals surface area contributed by atoms with Crippen LogP contribution < -0.4 is 25.4 Å². The SMILES string of the molecule is CCOc1cc(C(=O)N/N=C/c2cc(Br)ccc2OCC(N)=O)ccc1OCc1ccccc1. The van der Waals surface area contributed by atoms with Crippen LogP contribution in [0.3, 0.4) is 0 Å². The van der Waals surface area contributed by atoms with Crippen LogP contribution in [0.5, 0.6) is 17.2 Å². The van der Waals surface area contributed by atoms with E-state index in [9.17, 15) is 9.59 Å². The molecule has 0 saturated heterocycles. The number of nitrogens with zero attached hydrogens (tertiary/aromatic N) is 1. The zero-order chi connectivity index (χ0) is 24.3. The van der Waals surface area contributed by atoms with Crippen molar-refractivity contribution in [2.24, 2.45) is 10.8 Å². The number of ether oxygens (including phenoxy) is 3. The molecule has 0 unspecified atom stereocenters. The Labute approximate surface area is 205 Å². The lowest BCUT2D eigenvalue weighted by atomic mass is 10.2. The lowest BCUT2D eigenvalue weighted by Crippen LogP contribution is -2.20. The molecule has 0 aromatic heterocycles. The fourth-order valence-corrected chi connectivity index (χ4v) is 3.28. The van der Waals surface area contributed by atoms with Crippen molar-refractivity contribution in [2.45, 2.75) is 13.5 Å². The summed E-state index contributed by atoms with van der Waals surface area (Å²) in [5, 5.41) is 4.01. The Kier molecular flexibility index (Phi) is 9.04. The van der Waals surface area contributed by atoms with Crippen LogP contribution in [0.25, 0.3) is 0 Å². The van der Waals surface area contributed by atoms with E-state index in [4.69, 9.17) is 19.9 Å². The molecule has 0 bridgehead atoms. The van der Waals surface area contributed by atoms with E-state index in [2.05, 4.69) is 26.5 Å². The molecule has 3 rings (SSSR count). The summed E-state index contributed by atoms with van der Waals surface area (Å²) >= 11 is 3.37. The van der Waals surface area contributed by atoms with Gasteiger partial charge in [0, 0.05) is 15.6 Å². The Morgan fingerprint density at radius 3 is 2.47 bits per heavy atom. The predicted octanol–water partition coefficient (Wildman–Crippen LogP) is 4.05. The molecule has 0 heterocycles. The molecule has 0 atom stereocenters. The first kappa shape index (κ1) is 24.8. The molecule has 0 saturated carbocycles. The van der Waals surface area contributed by atoms with Crippen molar-refractivity contribution in [1.29, 1.82) is 0 Å². The largest absolute Gasteiger partial charge is 0.490 e. The van der Waals surface area contributed by atoms with Crippen LogP contribution >= 0.6 is 15.9 Å².